The van der Waals surface area contributed by atoms with E-state index in [2.05, 4.69) is 35.7 Å². The van der Waals surface area contributed by atoms with E-state index in [-0.39, 0.29) is 5.41 Å². The van der Waals surface area contributed by atoms with Crippen molar-refractivity contribution in [3.8, 4) is 5.88 Å². The van der Waals surface area contributed by atoms with Crippen molar-refractivity contribution in [2.75, 3.05) is 12.8 Å². The molecule has 2 rings (SSSR count). The van der Waals surface area contributed by atoms with E-state index in [0.29, 0.717) is 17.3 Å². The zero-order chi connectivity index (χ0) is 13.3. The molecule has 0 bridgehead atoms. The van der Waals surface area contributed by atoms with Gasteiger partial charge in [-0.1, -0.05) is 20.8 Å². The summed E-state index contributed by atoms with van der Waals surface area (Å²) in [5, 5.41) is 0. The molecule has 2 N–H and O–H groups in total. The minimum absolute atomic E-state index is 0.236. The summed E-state index contributed by atoms with van der Waals surface area (Å²) in [5.74, 6) is 0.911. The number of rotatable bonds is 3. The number of nitrogen functional groups attached to an aromatic ring is 1. The summed E-state index contributed by atoms with van der Waals surface area (Å²) in [6.07, 6.45) is 2.46. The highest BCUT2D eigenvalue weighted by Gasteiger charge is 2.17. The zero-order valence-corrected chi connectivity index (χ0v) is 11.3. The molecule has 2 aromatic rings. The van der Waals surface area contributed by atoms with Crippen LogP contribution >= 0.6 is 0 Å². The molecular formula is C12H19N5O. The van der Waals surface area contributed by atoms with Gasteiger partial charge in [0, 0.05) is 6.54 Å². The standard InChI is InChI=1S/C12H19N5O/c1-12(2,3)5-6-17-9-8(16-11(17)13)10(18-4)15-7-14-9/h7H,5-6H2,1-4H3,(H2,13,16). The SMILES string of the molecule is COc1ncnc2c1nc(N)n2CCC(C)(C)C. The largest absolute Gasteiger partial charge is 0.479 e. The van der Waals surface area contributed by atoms with Gasteiger partial charge in [-0.05, 0) is 11.8 Å². The van der Waals surface area contributed by atoms with Gasteiger partial charge in [0.05, 0.1) is 7.11 Å². The first-order valence-electron chi connectivity index (χ1n) is 5.93. The van der Waals surface area contributed by atoms with E-state index in [0.717, 1.165) is 18.6 Å². The van der Waals surface area contributed by atoms with Gasteiger partial charge in [-0.2, -0.15) is 4.98 Å². The van der Waals surface area contributed by atoms with Crippen LogP contribution in [0.2, 0.25) is 0 Å². The van der Waals surface area contributed by atoms with Crippen LogP contribution in [0.15, 0.2) is 6.33 Å². The lowest BCUT2D eigenvalue weighted by Crippen LogP contribution is -2.12. The van der Waals surface area contributed by atoms with Crippen LogP contribution in [0.25, 0.3) is 11.2 Å². The van der Waals surface area contributed by atoms with Gasteiger partial charge in [0.15, 0.2) is 11.2 Å². The summed E-state index contributed by atoms with van der Waals surface area (Å²) in [5.41, 5.74) is 7.51. The van der Waals surface area contributed by atoms with Gasteiger partial charge in [0.25, 0.3) is 0 Å². The molecule has 0 spiro atoms. The van der Waals surface area contributed by atoms with Gasteiger partial charge in [-0.15, -0.1) is 0 Å². The Kier molecular flexibility index (Phi) is 3.11. The molecule has 0 amide bonds. The topological polar surface area (TPSA) is 78.8 Å². The number of aryl methyl sites for hydroxylation is 1. The van der Waals surface area contributed by atoms with Crippen LogP contribution in [0.3, 0.4) is 0 Å². The second-order valence-electron chi connectivity index (χ2n) is 5.49. The molecule has 6 heteroatoms. The molecule has 0 aliphatic rings. The number of hydrogen-bond acceptors (Lipinski definition) is 5. The molecular weight excluding hydrogens is 230 g/mol. The monoisotopic (exact) mass is 249 g/mol. The van der Waals surface area contributed by atoms with E-state index in [9.17, 15) is 0 Å². The predicted molar refractivity (Wildman–Crippen MR) is 70.4 cm³/mol. The Morgan fingerprint density at radius 3 is 2.67 bits per heavy atom. The van der Waals surface area contributed by atoms with Crippen molar-refractivity contribution in [1.82, 2.24) is 19.5 Å². The highest BCUT2D eigenvalue weighted by atomic mass is 16.5. The quantitative estimate of drug-likeness (QED) is 0.898. The number of methoxy groups -OCH3 is 1. The summed E-state index contributed by atoms with van der Waals surface area (Å²) >= 11 is 0. The fourth-order valence-electron chi connectivity index (χ4n) is 1.75. The number of nitrogens with two attached hydrogens (primary N) is 1. The van der Waals surface area contributed by atoms with Gasteiger partial charge in [0.2, 0.25) is 11.8 Å². The number of imidazole rings is 1. The predicted octanol–water partition coefficient (Wildman–Crippen LogP) is 1.85. The second kappa shape index (κ2) is 4.44. The number of nitrogens with zero attached hydrogens (tertiary/aromatic N) is 4. The third kappa shape index (κ3) is 2.37. The maximum Gasteiger partial charge on any atom is 0.245 e. The van der Waals surface area contributed by atoms with E-state index < -0.39 is 0 Å². The van der Waals surface area contributed by atoms with Crippen molar-refractivity contribution in [3.63, 3.8) is 0 Å². The molecule has 6 nitrogen and oxygen atoms in total. The summed E-state index contributed by atoms with van der Waals surface area (Å²) in [7, 11) is 1.56. The van der Waals surface area contributed by atoms with Crippen LogP contribution in [-0.4, -0.2) is 26.6 Å². The normalized spacial score (nSPS) is 12.0. The summed E-state index contributed by atoms with van der Waals surface area (Å²) in [4.78, 5) is 12.5. The van der Waals surface area contributed by atoms with Crippen LogP contribution in [-0.2, 0) is 6.54 Å². The third-order valence-electron chi connectivity index (χ3n) is 2.81. The molecule has 2 aromatic heterocycles. The average molecular weight is 249 g/mol. The van der Waals surface area contributed by atoms with Gasteiger partial charge in [-0.3, -0.25) is 4.57 Å². The Morgan fingerprint density at radius 1 is 1.33 bits per heavy atom. The van der Waals surface area contributed by atoms with E-state index in [1.165, 1.54) is 6.33 Å². The lowest BCUT2D eigenvalue weighted by Gasteiger charge is -2.18. The van der Waals surface area contributed by atoms with Crippen molar-refractivity contribution in [2.45, 2.75) is 33.7 Å². The van der Waals surface area contributed by atoms with Gasteiger partial charge in [0.1, 0.15) is 6.33 Å². The second-order valence-corrected chi connectivity index (χ2v) is 5.49. The number of anilines is 1. The van der Waals surface area contributed by atoms with E-state index in [1.54, 1.807) is 7.11 Å². The Morgan fingerprint density at radius 2 is 2.06 bits per heavy atom. The molecule has 0 aliphatic heterocycles. The van der Waals surface area contributed by atoms with Crippen molar-refractivity contribution >= 4 is 17.1 Å². The van der Waals surface area contributed by atoms with Crippen LogP contribution in [0, 0.1) is 5.41 Å². The summed E-state index contributed by atoms with van der Waals surface area (Å²) < 4.78 is 7.07. The summed E-state index contributed by atoms with van der Waals surface area (Å²) in [6.45, 7) is 7.36. The Hall–Kier alpha value is -1.85. The molecule has 2 heterocycles. The molecule has 0 saturated heterocycles. The van der Waals surface area contributed by atoms with Crippen LogP contribution in [0.5, 0.6) is 5.88 Å². The van der Waals surface area contributed by atoms with Gasteiger partial charge in [-0.25, -0.2) is 9.97 Å². The van der Waals surface area contributed by atoms with Crippen LogP contribution in [0.4, 0.5) is 5.95 Å². The van der Waals surface area contributed by atoms with E-state index in [4.69, 9.17) is 10.5 Å². The highest BCUT2D eigenvalue weighted by Crippen LogP contribution is 2.25. The molecule has 0 unspecified atom stereocenters. The van der Waals surface area contributed by atoms with Gasteiger partial charge < -0.3 is 10.5 Å². The minimum Gasteiger partial charge on any atom is -0.479 e. The molecule has 0 radical (unpaired) electrons. The lowest BCUT2D eigenvalue weighted by molar-refractivity contribution is 0.353. The molecule has 18 heavy (non-hydrogen) atoms. The van der Waals surface area contributed by atoms with Crippen molar-refractivity contribution in [1.29, 1.82) is 0 Å². The maximum atomic E-state index is 5.93. The van der Waals surface area contributed by atoms with Gasteiger partial charge >= 0.3 is 0 Å². The third-order valence-corrected chi connectivity index (χ3v) is 2.81. The average Bonchev–Trinajstić information content (AvgIpc) is 2.61. The highest BCUT2D eigenvalue weighted by molar-refractivity contribution is 5.78. The number of ether oxygens (including phenoxy) is 1. The Balaban J connectivity index is 2.42. The number of fused-ring (bicyclic) bond motifs is 1. The number of aromatic nitrogens is 4. The fourth-order valence-corrected chi connectivity index (χ4v) is 1.75. The van der Waals surface area contributed by atoms with E-state index >= 15 is 0 Å². The molecule has 0 atom stereocenters. The first kappa shape index (κ1) is 12.6. The molecule has 98 valence electrons. The Labute approximate surface area is 106 Å². The zero-order valence-electron chi connectivity index (χ0n) is 11.3. The lowest BCUT2D eigenvalue weighted by atomic mass is 9.92. The summed E-state index contributed by atoms with van der Waals surface area (Å²) in [6, 6.07) is 0. The molecule has 0 aromatic carbocycles. The van der Waals surface area contributed by atoms with Crippen LogP contribution < -0.4 is 10.5 Å². The first-order chi connectivity index (χ1) is 8.42. The molecule has 0 fully saturated rings. The molecule has 0 aliphatic carbocycles. The molecule has 0 saturated carbocycles. The van der Waals surface area contributed by atoms with E-state index in [1.807, 2.05) is 4.57 Å². The maximum absolute atomic E-state index is 5.93. The van der Waals surface area contributed by atoms with Crippen molar-refractivity contribution in [3.05, 3.63) is 6.33 Å². The minimum atomic E-state index is 0.236. The fraction of sp³-hybridized carbons (Fsp3) is 0.583. The first-order valence-corrected chi connectivity index (χ1v) is 5.93. The van der Waals surface area contributed by atoms with Crippen molar-refractivity contribution < 1.29 is 4.74 Å². The Bertz CT molecular complexity index is 555. The van der Waals surface area contributed by atoms with Crippen molar-refractivity contribution in [2.24, 2.45) is 5.41 Å². The smallest absolute Gasteiger partial charge is 0.245 e. The van der Waals surface area contributed by atoms with Crippen LogP contribution in [0.1, 0.15) is 27.2 Å². The number of hydrogen-bond donors (Lipinski definition) is 1.